The van der Waals surface area contributed by atoms with E-state index in [1.54, 1.807) is 60.7 Å². The van der Waals surface area contributed by atoms with Gasteiger partial charge in [0, 0.05) is 47.7 Å². The van der Waals surface area contributed by atoms with Crippen molar-refractivity contribution < 1.29 is 14.5 Å². The Morgan fingerprint density at radius 3 is 1.97 bits per heavy atom. The predicted octanol–water partition coefficient (Wildman–Crippen LogP) is 3.69. The number of rotatable bonds is 8. The van der Waals surface area contributed by atoms with Crippen LogP contribution in [0.3, 0.4) is 0 Å². The Kier molecular flexibility index (Phi) is 6.73. The third-order valence-electron chi connectivity index (χ3n) is 4.26. The van der Waals surface area contributed by atoms with Gasteiger partial charge < -0.3 is 16.0 Å². The molecule has 0 bridgehead atoms. The molecule has 8 heteroatoms. The lowest BCUT2D eigenvalue weighted by molar-refractivity contribution is -0.384. The zero-order valence-electron chi connectivity index (χ0n) is 16.0. The van der Waals surface area contributed by atoms with Crippen molar-refractivity contribution in [2.24, 2.45) is 0 Å². The second-order valence-electron chi connectivity index (χ2n) is 6.38. The first-order valence-electron chi connectivity index (χ1n) is 9.26. The molecule has 30 heavy (non-hydrogen) atoms. The second-order valence-corrected chi connectivity index (χ2v) is 6.38. The van der Waals surface area contributed by atoms with Gasteiger partial charge in [0.2, 0.25) is 0 Å². The number of nitro groups is 1. The molecule has 0 atom stereocenters. The maximum atomic E-state index is 12.2. The number of carbonyl (C=O) groups is 2. The van der Waals surface area contributed by atoms with Gasteiger partial charge in [0.1, 0.15) is 0 Å². The summed E-state index contributed by atoms with van der Waals surface area (Å²) in [6, 6.07) is 21.5. The molecule has 0 heterocycles. The number of benzene rings is 3. The second kappa shape index (κ2) is 9.83. The molecule has 0 aliphatic carbocycles. The SMILES string of the molecule is O=C(NCCNc1ccc([N+](=O)[O-])cc1)c1ccc(NC(=O)c2ccccc2)cc1. The summed E-state index contributed by atoms with van der Waals surface area (Å²) in [5.41, 5.74) is 2.38. The van der Waals surface area contributed by atoms with E-state index in [1.165, 1.54) is 12.1 Å². The Balaban J connectivity index is 1.44. The fourth-order valence-corrected chi connectivity index (χ4v) is 2.68. The van der Waals surface area contributed by atoms with Crippen LogP contribution >= 0.6 is 0 Å². The molecule has 0 aromatic heterocycles. The number of nitro benzene ring substituents is 1. The summed E-state index contributed by atoms with van der Waals surface area (Å²) in [5, 5.41) is 19.3. The van der Waals surface area contributed by atoms with Crippen molar-refractivity contribution in [1.82, 2.24) is 5.32 Å². The highest BCUT2D eigenvalue weighted by atomic mass is 16.6. The van der Waals surface area contributed by atoms with E-state index in [9.17, 15) is 19.7 Å². The number of nitrogens with zero attached hydrogens (tertiary/aromatic N) is 1. The topological polar surface area (TPSA) is 113 Å². The van der Waals surface area contributed by atoms with E-state index in [0.717, 1.165) is 5.69 Å². The molecule has 3 aromatic carbocycles. The highest BCUT2D eigenvalue weighted by Gasteiger charge is 2.08. The van der Waals surface area contributed by atoms with Crippen LogP contribution in [-0.2, 0) is 0 Å². The van der Waals surface area contributed by atoms with Crippen LogP contribution in [-0.4, -0.2) is 29.8 Å². The molecule has 3 rings (SSSR count). The van der Waals surface area contributed by atoms with Crippen LogP contribution in [0.25, 0.3) is 0 Å². The zero-order chi connectivity index (χ0) is 21.3. The minimum atomic E-state index is -0.456. The van der Waals surface area contributed by atoms with E-state index >= 15 is 0 Å². The largest absolute Gasteiger partial charge is 0.383 e. The molecular weight excluding hydrogens is 384 g/mol. The van der Waals surface area contributed by atoms with Crippen molar-refractivity contribution in [1.29, 1.82) is 0 Å². The Bertz CT molecular complexity index is 1020. The average Bonchev–Trinajstić information content (AvgIpc) is 2.78. The quantitative estimate of drug-likeness (QED) is 0.301. The number of non-ortho nitro benzene ring substituents is 1. The summed E-state index contributed by atoms with van der Waals surface area (Å²) in [4.78, 5) is 34.6. The van der Waals surface area contributed by atoms with Crippen LogP contribution in [0.15, 0.2) is 78.9 Å². The third-order valence-corrected chi connectivity index (χ3v) is 4.26. The lowest BCUT2D eigenvalue weighted by Crippen LogP contribution is -2.28. The smallest absolute Gasteiger partial charge is 0.269 e. The third kappa shape index (κ3) is 5.65. The number of hydrogen-bond donors (Lipinski definition) is 3. The van der Waals surface area contributed by atoms with E-state index in [-0.39, 0.29) is 17.5 Å². The maximum absolute atomic E-state index is 12.2. The molecule has 8 nitrogen and oxygen atoms in total. The Morgan fingerprint density at radius 2 is 1.33 bits per heavy atom. The summed E-state index contributed by atoms with van der Waals surface area (Å²) in [6.07, 6.45) is 0. The molecule has 2 amide bonds. The van der Waals surface area contributed by atoms with Crippen molar-refractivity contribution in [3.8, 4) is 0 Å². The molecule has 0 saturated heterocycles. The number of anilines is 2. The highest BCUT2D eigenvalue weighted by Crippen LogP contribution is 2.15. The molecule has 0 spiro atoms. The molecule has 0 radical (unpaired) electrons. The van der Waals surface area contributed by atoms with E-state index in [0.29, 0.717) is 29.9 Å². The number of hydrogen-bond acceptors (Lipinski definition) is 5. The minimum Gasteiger partial charge on any atom is -0.383 e. The zero-order valence-corrected chi connectivity index (χ0v) is 16.0. The van der Waals surface area contributed by atoms with Crippen molar-refractivity contribution in [2.45, 2.75) is 0 Å². The van der Waals surface area contributed by atoms with Crippen LogP contribution in [0.1, 0.15) is 20.7 Å². The molecule has 152 valence electrons. The van der Waals surface area contributed by atoms with Crippen molar-refractivity contribution in [3.63, 3.8) is 0 Å². The van der Waals surface area contributed by atoms with Gasteiger partial charge in [-0.2, -0.15) is 0 Å². The van der Waals surface area contributed by atoms with Gasteiger partial charge in [0.05, 0.1) is 4.92 Å². The summed E-state index contributed by atoms with van der Waals surface area (Å²) in [7, 11) is 0. The lowest BCUT2D eigenvalue weighted by Gasteiger charge is -2.09. The number of nitrogens with one attached hydrogen (secondary N) is 3. The summed E-state index contributed by atoms with van der Waals surface area (Å²) in [5.74, 6) is -0.452. The van der Waals surface area contributed by atoms with Gasteiger partial charge >= 0.3 is 0 Å². The Hall–Kier alpha value is -4.20. The van der Waals surface area contributed by atoms with E-state index < -0.39 is 4.92 Å². The molecule has 0 unspecified atom stereocenters. The summed E-state index contributed by atoms with van der Waals surface area (Å²) >= 11 is 0. The molecule has 3 aromatic rings. The van der Waals surface area contributed by atoms with Crippen molar-refractivity contribution in [3.05, 3.63) is 100 Å². The van der Waals surface area contributed by atoms with Gasteiger partial charge in [-0.3, -0.25) is 19.7 Å². The van der Waals surface area contributed by atoms with Gasteiger partial charge in [-0.15, -0.1) is 0 Å². The summed E-state index contributed by atoms with van der Waals surface area (Å²) < 4.78 is 0. The molecule has 0 aliphatic rings. The van der Waals surface area contributed by atoms with Gasteiger partial charge in [0.25, 0.3) is 17.5 Å². The molecule has 3 N–H and O–H groups in total. The van der Waals surface area contributed by atoms with Crippen LogP contribution in [0.5, 0.6) is 0 Å². The maximum Gasteiger partial charge on any atom is 0.269 e. The Morgan fingerprint density at radius 1 is 0.733 bits per heavy atom. The minimum absolute atomic E-state index is 0.0252. The Labute approximate surface area is 173 Å². The molecular formula is C22H20N4O4. The molecule has 0 fully saturated rings. The monoisotopic (exact) mass is 404 g/mol. The predicted molar refractivity (Wildman–Crippen MR) is 115 cm³/mol. The van der Waals surface area contributed by atoms with Gasteiger partial charge in [-0.1, -0.05) is 18.2 Å². The first-order valence-corrected chi connectivity index (χ1v) is 9.26. The standard InChI is InChI=1S/C22H20N4O4/c27-21(24-15-14-23-18-10-12-20(13-11-18)26(29)30)17-6-8-19(9-7-17)25-22(28)16-4-2-1-3-5-16/h1-13,23H,14-15H2,(H,24,27)(H,25,28). The van der Waals surface area contributed by atoms with Crippen LogP contribution in [0.2, 0.25) is 0 Å². The van der Waals surface area contributed by atoms with E-state index in [4.69, 9.17) is 0 Å². The normalized spacial score (nSPS) is 10.1. The fraction of sp³-hybridized carbons (Fsp3) is 0.0909. The number of carbonyl (C=O) groups excluding carboxylic acids is 2. The summed E-state index contributed by atoms with van der Waals surface area (Å²) in [6.45, 7) is 0.844. The van der Waals surface area contributed by atoms with Crippen molar-refractivity contribution in [2.75, 3.05) is 23.7 Å². The van der Waals surface area contributed by atoms with Gasteiger partial charge in [-0.25, -0.2) is 0 Å². The van der Waals surface area contributed by atoms with E-state index in [2.05, 4.69) is 16.0 Å². The van der Waals surface area contributed by atoms with Gasteiger partial charge in [-0.05, 0) is 48.5 Å². The first kappa shape index (κ1) is 20.5. The molecule has 0 aliphatic heterocycles. The van der Waals surface area contributed by atoms with Gasteiger partial charge in [0.15, 0.2) is 0 Å². The number of amides is 2. The fourth-order valence-electron chi connectivity index (χ4n) is 2.68. The van der Waals surface area contributed by atoms with Crippen LogP contribution in [0, 0.1) is 10.1 Å². The van der Waals surface area contributed by atoms with Crippen LogP contribution in [0.4, 0.5) is 17.1 Å². The average molecular weight is 404 g/mol. The van der Waals surface area contributed by atoms with Crippen LogP contribution < -0.4 is 16.0 Å². The lowest BCUT2D eigenvalue weighted by atomic mass is 10.1. The van der Waals surface area contributed by atoms with E-state index in [1.807, 2.05) is 6.07 Å². The first-order chi connectivity index (χ1) is 14.5. The van der Waals surface area contributed by atoms with Crippen molar-refractivity contribution >= 4 is 28.9 Å². The molecule has 0 saturated carbocycles. The highest BCUT2D eigenvalue weighted by molar-refractivity contribution is 6.04.